The summed E-state index contributed by atoms with van der Waals surface area (Å²) in [6, 6.07) is 9.08. The number of carbonyl (C=O) groups excluding carboxylic acids is 1. The first-order valence-corrected chi connectivity index (χ1v) is 11.5. The fraction of sp³-hybridized carbons (Fsp3) is 0.591. The van der Waals surface area contributed by atoms with E-state index in [2.05, 4.69) is 31.8 Å². The fourth-order valence-electron chi connectivity index (χ4n) is 4.39. The maximum atomic E-state index is 13.1. The lowest BCUT2D eigenvalue weighted by Gasteiger charge is -2.37. The molecule has 2 aliphatic heterocycles. The maximum absolute atomic E-state index is 13.1. The van der Waals surface area contributed by atoms with Gasteiger partial charge in [0.15, 0.2) is 5.69 Å². The highest BCUT2D eigenvalue weighted by Gasteiger charge is 2.25. The number of aromatic nitrogens is 2. The van der Waals surface area contributed by atoms with Crippen LogP contribution in [0.15, 0.2) is 24.3 Å². The number of hydrogen-bond acceptors (Lipinski definition) is 6. The van der Waals surface area contributed by atoms with Crippen molar-refractivity contribution in [3.63, 3.8) is 0 Å². The van der Waals surface area contributed by atoms with Crippen LogP contribution in [0.4, 0.5) is 0 Å². The molecule has 2 bridgehead atoms. The van der Waals surface area contributed by atoms with Crippen LogP contribution in [0, 0.1) is 6.92 Å². The normalized spacial score (nSPS) is 21.7. The van der Waals surface area contributed by atoms with E-state index in [4.69, 9.17) is 4.74 Å². The van der Waals surface area contributed by atoms with E-state index in [0.717, 1.165) is 62.1 Å². The summed E-state index contributed by atoms with van der Waals surface area (Å²) in [6.07, 6.45) is 6.84. The number of benzene rings is 1. The molecule has 0 N–H and O–H groups in total. The summed E-state index contributed by atoms with van der Waals surface area (Å²) in [7, 11) is 0. The number of rotatable bonds is 1. The molecule has 1 atom stereocenters. The predicted molar refractivity (Wildman–Crippen MR) is 115 cm³/mol. The minimum Gasteiger partial charge on any atom is -0.494 e. The van der Waals surface area contributed by atoms with Crippen molar-refractivity contribution in [1.82, 2.24) is 18.5 Å². The standard InChI is InChI=1S/C22H30N4O2S/c1-17-21(24-29-23-17)22(27)26-12-5-15-28-20-8-4-6-18(16-20)9-10-19-7-2-3-11-25(19)13-14-26/h4,6,8,16,19H,2-3,5,7,9-15H2,1H3. The molecule has 2 aliphatic rings. The van der Waals surface area contributed by atoms with Crippen LogP contribution in [0.3, 0.4) is 0 Å². The van der Waals surface area contributed by atoms with Crippen molar-refractivity contribution in [2.45, 2.75) is 51.5 Å². The number of amides is 1. The van der Waals surface area contributed by atoms with Gasteiger partial charge in [0.25, 0.3) is 5.91 Å². The Morgan fingerprint density at radius 2 is 2.03 bits per heavy atom. The highest BCUT2D eigenvalue weighted by atomic mass is 32.1. The van der Waals surface area contributed by atoms with Crippen LogP contribution in [0.25, 0.3) is 0 Å². The summed E-state index contributed by atoms with van der Waals surface area (Å²) in [4.78, 5) is 17.6. The third-order valence-corrected chi connectivity index (χ3v) is 6.67. The molecular weight excluding hydrogens is 384 g/mol. The Bertz CT molecular complexity index is 825. The molecule has 0 aliphatic carbocycles. The molecule has 0 radical (unpaired) electrons. The van der Waals surface area contributed by atoms with Gasteiger partial charge < -0.3 is 9.64 Å². The van der Waals surface area contributed by atoms with Crippen molar-refractivity contribution in [3.8, 4) is 5.75 Å². The van der Waals surface area contributed by atoms with Crippen LogP contribution >= 0.6 is 11.7 Å². The second-order valence-corrected chi connectivity index (χ2v) is 8.59. The van der Waals surface area contributed by atoms with Gasteiger partial charge >= 0.3 is 0 Å². The van der Waals surface area contributed by atoms with Crippen molar-refractivity contribution < 1.29 is 9.53 Å². The molecule has 0 saturated carbocycles. The summed E-state index contributed by atoms with van der Waals surface area (Å²) in [6.45, 7) is 5.93. The van der Waals surface area contributed by atoms with Crippen LogP contribution in [0.2, 0.25) is 0 Å². The van der Waals surface area contributed by atoms with Crippen LogP contribution in [0.1, 0.15) is 53.8 Å². The third-order valence-electron chi connectivity index (χ3n) is 6.05. The van der Waals surface area contributed by atoms with E-state index >= 15 is 0 Å². The largest absolute Gasteiger partial charge is 0.494 e. The molecule has 1 aromatic heterocycles. The molecular formula is C22H30N4O2S. The number of fused-ring (bicyclic) bond motifs is 3. The maximum Gasteiger partial charge on any atom is 0.275 e. The molecule has 1 fully saturated rings. The van der Waals surface area contributed by atoms with E-state index in [0.29, 0.717) is 24.9 Å². The van der Waals surface area contributed by atoms with Crippen molar-refractivity contribution in [1.29, 1.82) is 0 Å². The summed E-state index contributed by atoms with van der Waals surface area (Å²) in [5, 5.41) is 0. The van der Waals surface area contributed by atoms with Crippen LogP contribution in [0.5, 0.6) is 5.75 Å². The Morgan fingerprint density at radius 3 is 2.90 bits per heavy atom. The Morgan fingerprint density at radius 1 is 1.10 bits per heavy atom. The average molecular weight is 415 g/mol. The smallest absolute Gasteiger partial charge is 0.275 e. The third kappa shape index (κ3) is 5.14. The Labute approximate surface area is 177 Å². The summed E-state index contributed by atoms with van der Waals surface area (Å²) < 4.78 is 14.4. The van der Waals surface area contributed by atoms with Gasteiger partial charge in [-0.05, 0) is 63.3 Å². The highest BCUT2D eigenvalue weighted by Crippen LogP contribution is 2.23. The van der Waals surface area contributed by atoms with Crippen molar-refractivity contribution >= 4 is 17.6 Å². The van der Waals surface area contributed by atoms with Crippen molar-refractivity contribution in [3.05, 3.63) is 41.2 Å². The Hall–Kier alpha value is -1.99. The fourth-order valence-corrected chi connectivity index (χ4v) is 4.93. The number of hydrogen-bond donors (Lipinski definition) is 0. The van der Waals surface area contributed by atoms with E-state index in [1.165, 1.54) is 24.8 Å². The SMILES string of the molecule is Cc1nsnc1C(=O)N1CCCOc2cccc(c2)CCC2CCCCN2CC1. The lowest BCUT2D eigenvalue weighted by Crippen LogP contribution is -2.45. The molecule has 29 heavy (non-hydrogen) atoms. The van der Waals surface area contributed by atoms with E-state index in [-0.39, 0.29) is 5.91 Å². The molecule has 4 rings (SSSR count). The molecule has 156 valence electrons. The first-order valence-electron chi connectivity index (χ1n) is 10.7. The quantitative estimate of drug-likeness (QED) is 0.714. The molecule has 7 heteroatoms. The van der Waals surface area contributed by atoms with Crippen molar-refractivity contribution in [2.75, 3.05) is 32.8 Å². The molecule has 1 saturated heterocycles. The lowest BCUT2D eigenvalue weighted by molar-refractivity contribution is 0.0677. The van der Waals surface area contributed by atoms with Gasteiger partial charge in [0, 0.05) is 25.7 Å². The number of nitrogens with zero attached hydrogens (tertiary/aromatic N) is 4. The molecule has 6 nitrogen and oxygen atoms in total. The zero-order valence-corrected chi connectivity index (χ0v) is 18.0. The summed E-state index contributed by atoms with van der Waals surface area (Å²) in [5.41, 5.74) is 2.58. The molecule has 2 aromatic rings. The Balaban J connectivity index is 1.52. The van der Waals surface area contributed by atoms with Crippen molar-refractivity contribution in [2.24, 2.45) is 0 Å². The summed E-state index contributed by atoms with van der Waals surface area (Å²) in [5.74, 6) is 0.927. The average Bonchev–Trinajstić information content (AvgIpc) is 3.17. The van der Waals surface area contributed by atoms with Gasteiger partial charge in [0.05, 0.1) is 24.0 Å². The first-order chi connectivity index (χ1) is 14.2. The van der Waals surface area contributed by atoms with Gasteiger partial charge in [-0.2, -0.15) is 8.75 Å². The molecule has 3 heterocycles. The van der Waals surface area contributed by atoms with Gasteiger partial charge in [-0.15, -0.1) is 0 Å². The molecule has 0 spiro atoms. The number of piperidine rings is 1. The highest BCUT2D eigenvalue weighted by molar-refractivity contribution is 6.99. The first kappa shape index (κ1) is 20.3. The van der Waals surface area contributed by atoms with Crippen LogP contribution in [-0.4, -0.2) is 63.3 Å². The monoisotopic (exact) mass is 414 g/mol. The zero-order valence-electron chi connectivity index (χ0n) is 17.2. The van der Waals surface area contributed by atoms with Gasteiger partial charge in [-0.1, -0.05) is 18.6 Å². The number of carbonyl (C=O) groups is 1. The van der Waals surface area contributed by atoms with Crippen LogP contribution in [-0.2, 0) is 6.42 Å². The van der Waals surface area contributed by atoms with E-state index in [9.17, 15) is 4.79 Å². The minimum atomic E-state index is -0.00102. The van der Waals surface area contributed by atoms with Gasteiger partial charge in [0.2, 0.25) is 0 Å². The second-order valence-electron chi connectivity index (χ2n) is 8.06. The summed E-state index contributed by atoms with van der Waals surface area (Å²) >= 11 is 1.11. The van der Waals surface area contributed by atoms with E-state index in [1.54, 1.807) is 0 Å². The topological polar surface area (TPSA) is 58.6 Å². The van der Waals surface area contributed by atoms with E-state index < -0.39 is 0 Å². The second kappa shape index (κ2) is 9.67. The van der Waals surface area contributed by atoms with Gasteiger partial charge in [-0.3, -0.25) is 9.69 Å². The minimum absolute atomic E-state index is 0.00102. The van der Waals surface area contributed by atoms with E-state index in [1.807, 2.05) is 17.9 Å². The number of aryl methyl sites for hydroxylation is 2. The Kier molecular flexibility index (Phi) is 6.77. The van der Waals surface area contributed by atoms with Gasteiger partial charge in [-0.25, -0.2) is 0 Å². The zero-order chi connectivity index (χ0) is 20.1. The molecule has 1 aromatic carbocycles. The predicted octanol–water partition coefficient (Wildman–Crippen LogP) is 3.56. The lowest BCUT2D eigenvalue weighted by atomic mass is 9.95. The molecule has 1 unspecified atom stereocenters. The van der Waals surface area contributed by atoms with Gasteiger partial charge in [0.1, 0.15) is 5.75 Å². The van der Waals surface area contributed by atoms with Crippen LogP contribution < -0.4 is 4.74 Å². The number of ether oxygens (including phenoxy) is 1. The molecule has 1 amide bonds.